The Labute approximate surface area is 129 Å². The average molecular weight is 317 g/mol. The van der Waals surface area contributed by atoms with Gasteiger partial charge in [-0.25, -0.2) is 4.79 Å². The van der Waals surface area contributed by atoms with Crippen LogP contribution in [0.15, 0.2) is 30.3 Å². The van der Waals surface area contributed by atoms with Gasteiger partial charge in [-0.1, -0.05) is 31.5 Å². The molecule has 1 aliphatic carbocycles. The molecule has 1 fully saturated rings. The van der Waals surface area contributed by atoms with E-state index in [9.17, 15) is 0 Å². The molecule has 0 spiro atoms. The van der Waals surface area contributed by atoms with E-state index >= 15 is 0 Å². The lowest BCUT2D eigenvalue weighted by molar-refractivity contribution is 0.220. The molecule has 1 saturated carbocycles. The topological polar surface area (TPSA) is 46.5 Å². The first kappa shape index (κ1) is 16.9. The highest BCUT2D eigenvalue weighted by molar-refractivity contribution is 6.60. The number of methoxy groups -OCH3 is 1. The van der Waals surface area contributed by atoms with Gasteiger partial charge in [0.05, 0.1) is 7.11 Å². The number of allylic oxidation sites excluding steroid dienone is 1. The molecular weight excluding hydrogens is 299 g/mol. The Kier molecular flexibility index (Phi) is 5.90. The van der Waals surface area contributed by atoms with Crippen LogP contribution in [0.4, 0.5) is 4.79 Å². The summed E-state index contributed by atoms with van der Waals surface area (Å²) in [7, 11) is 1.67. The summed E-state index contributed by atoms with van der Waals surface area (Å²) in [5.74, 6) is 1.49. The van der Waals surface area contributed by atoms with Crippen LogP contribution in [0, 0.1) is 11.3 Å². The quantitative estimate of drug-likeness (QED) is 0.777. The molecule has 110 valence electrons. The van der Waals surface area contributed by atoms with Crippen LogP contribution in [0.2, 0.25) is 0 Å². The summed E-state index contributed by atoms with van der Waals surface area (Å²) in [6.07, 6.45) is 3.41. The molecule has 1 aliphatic rings. The van der Waals surface area contributed by atoms with Crippen LogP contribution < -0.4 is 4.74 Å². The van der Waals surface area contributed by atoms with Crippen molar-refractivity contribution in [3.05, 3.63) is 35.9 Å². The summed E-state index contributed by atoms with van der Waals surface area (Å²) in [6.45, 7) is 4.54. The highest BCUT2D eigenvalue weighted by Gasteiger charge is 2.43. The standard InChI is InChI=1S/C14H17ClO.CHClO2/c1-14(2)9-11(14)8-13(15)10-4-6-12(16-3)7-5-10;2-1(3)4/h4-8,11H,9H2,1-3H3;(H,3,4). The van der Waals surface area contributed by atoms with Gasteiger partial charge in [-0.2, -0.15) is 0 Å². The Morgan fingerprint density at radius 1 is 1.35 bits per heavy atom. The summed E-state index contributed by atoms with van der Waals surface area (Å²) in [4.78, 5) is 8.77. The molecule has 2 rings (SSSR count). The molecule has 0 bridgehead atoms. The molecule has 20 heavy (non-hydrogen) atoms. The lowest BCUT2D eigenvalue weighted by atomic mass is 10.1. The smallest absolute Gasteiger partial charge is 0.401 e. The number of benzene rings is 1. The minimum atomic E-state index is -1.36. The number of carboxylic acid groups (broad SMARTS) is 1. The second-order valence-corrected chi connectivity index (χ2v) is 6.03. The first-order valence-electron chi connectivity index (χ1n) is 6.16. The van der Waals surface area contributed by atoms with E-state index in [1.54, 1.807) is 7.11 Å². The maximum Gasteiger partial charge on any atom is 0.401 e. The molecule has 1 N–H and O–H groups in total. The van der Waals surface area contributed by atoms with Crippen LogP contribution in [0.3, 0.4) is 0 Å². The van der Waals surface area contributed by atoms with E-state index in [0.717, 1.165) is 16.3 Å². The molecule has 0 aliphatic heterocycles. The Morgan fingerprint density at radius 2 is 1.80 bits per heavy atom. The molecule has 0 amide bonds. The fourth-order valence-electron chi connectivity index (χ4n) is 1.82. The summed E-state index contributed by atoms with van der Waals surface area (Å²) >= 11 is 10.5. The molecule has 5 heteroatoms. The van der Waals surface area contributed by atoms with Gasteiger partial charge in [0.1, 0.15) is 5.75 Å². The zero-order valence-corrected chi connectivity index (χ0v) is 13.2. The zero-order chi connectivity index (χ0) is 15.3. The van der Waals surface area contributed by atoms with E-state index in [-0.39, 0.29) is 0 Å². The summed E-state index contributed by atoms with van der Waals surface area (Å²) in [5, 5.41) is 8.03. The number of ether oxygens (including phenoxy) is 1. The zero-order valence-electron chi connectivity index (χ0n) is 11.7. The monoisotopic (exact) mass is 316 g/mol. The Morgan fingerprint density at radius 3 is 2.15 bits per heavy atom. The van der Waals surface area contributed by atoms with Crippen molar-refractivity contribution in [1.29, 1.82) is 0 Å². The van der Waals surface area contributed by atoms with Crippen LogP contribution in [-0.4, -0.2) is 17.6 Å². The van der Waals surface area contributed by atoms with Crippen molar-refractivity contribution >= 4 is 33.7 Å². The molecule has 0 radical (unpaired) electrons. The van der Waals surface area contributed by atoms with Crippen molar-refractivity contribution in [2.45, 2.75) is 20.3 Å². The molecule has 0 aromatic heterocycles. The number of hydrogen-bond donors (Lipinski definition) is 1. The second kappa shape index (κ2) is 7.00. The predicted molar refractivity (Wildman–Crippen MR) is 82.6 cm³/mol. The van der Waals surface area contributed by atoms with E-state index in [0.29, 0.717) is 11.3 Å². The van der Waals surface area contributed by atoms with E-state index in [2.05, 4.69) is 31.5 Å². The van der Waals surface area contributed by atoms with Crippen molar-refractivity contribution in [1.82, 2.24) is 0 Å². The van der Waals surface area contributed by atoms with Gasteiger partial charge in [0.2, 0.25) is 0 Å². The number of rotatable bonds is 3. The van der Waals surface area contributed by atoms with Gasteiger partial charge < -0.3 is 9.84 Å². The Balaban J connectivity index is 0.000000444. The van der Waals surface area contributed by atoms with Crippen molar-refractivity contribution in [2.75, 3.05) is 7.11 Å². The summed E-state index contributed by atoms with van der Waals surface area (Å²) < 4.78 is 5.11. The number of carbonyl (C=O) groups is 1. The van der Waals surface area contributed by atoms with Crippen LogP contribution in [0.5, 0.6) is 5.75 Å². The minimum Gasteiger partial charge on any atom is -0.497 e. The van der Waals surface area contributed by atoms with E-state index in [1.165, 1.54) is 6.42 Å². The fraction of sp³-hybridized carbons (Fsp3) is 0.400. The van der Waals surface area contributed by atoms with Gasteiger partial charge in [0, 0.05) is 16.6 Å². The van der Waals surface area contributed by atoms with Gasteiger partial charge in [0.25, 0.3) is 0 Å². The third kappa shape index (κ3) is 5.43. The third-order valence-electron chi connectivity index (χ3n) is 3.30. The van der Waals surface area contributed by atoms with Crippen molar-refractivity contribution < 1.29 is 14.6 Å². The molecule has 1 atom stereocenters. The normalized spacial score (nSPS) is 19.6. The highest BCUT2D eigenvalue weighted by atomic mass is 35.5. The van der Waals surface area contributed by atoms with E-state index in [1.807, 2.05) is 24.3 Å². The van der Waals surface area contributed by atoms with Gasteiger partial charge in [-0.15, -0.1) is 0 Å². The van der Waals surface area contributed by atoms with Crippen LogP contribution in [0.25, 0.3) is 5.03 Å². The third-order valence-corrected chi connectivity index (χ3v) is 3.65. The van der Waals surface area contributed by atoms with Crippen molar-refractivity contribution in [2.24, 2.45) is 11.3 Å². The maximum absolute atomic E-state index is 8.77. The van der Waals surface area contributed by atoms with Crippen LogP contribution in [0.1, 0.15) is 25.8 Å². The first-order chi connectivity index (χ1) is 9.26. The number of hydrogen-bond acceptors (Lipinski definition) is 2. The van der Waals surface area contributed by atoms with E-state index < -0.39 is 5.43 Å². The number of halogens is 2. The lowest BCUT2D eigenvalue weighted by Gasteiger charge is -2.03. The van der Waals surface area contributed by atoms with Gasteiger partial charge >= 0.3 is 5.43 Å². The fourth-order valence-corrected chi connectivity index (χ4v) is 2.09. The molecule has 0 heterocycles. The van der Waals surface area contributed by atoms with Gasteiger partial charge in [0.15, 0.2) is 0 Å². The largest absolute Gasteiger partial charge is 0.497 e. The SMILES string of the molecule is COc1ccc(C(Cl)=CC2CC2(C)C)cc1.O=C(O)Cl. The minimum absolute atomic E-state index is 0.437. The van der Waals surface area contributed by atoms with Crippen LogP contribution >= 0.6 is 23.2 Å². The average Bonchev–Trinajstić information content (AvgIpc) is 2.96. The molecule has 1 aromatic rings. The molecule has 3 nitrogen and oxygen atoms in total. The Hall–Kier alpha value is -1.19. The van der Waals surface area contributed by atoms with Gasteiger partial charge in [-0.3, -0.25) is 0 Å². The molecular formula is C15H18Cl2O3. The van der Waals surface area contributed by atoms with Crippen molar-refractivity contribution in [3.63, 3.8) is 0 Å². The van der Waals surface area contributed by atoms with E-state index in [4.69, 9.17) is 26.2 Å². The molecule has 1 aromatic carbocycles. The summed E-state index contributed by atoms with van der Waals surface area (Å²) in [6, 6.07) is 7.85. The highest BCUT2D eigenvalue weighted by Crippen LogP contribution is 2.53. The first-order valence-corrected chi connectivity index (χ1v) is 6.92. The molecule has 1 unspecified atom stereocenters. The van der Waals surface area contributed by atoms with Gasteiger partial charge in [-0.05, 0) is 47.6 Å². The second-order valence-electron chi connectivity index (χ2n) is 5.30. The predicted octanol–water partition coefficient (Wildman–Crippen LogP) is 5.22. The maximum atomic E-state index is 8.77. The van der Waals surface area contributed by atoms with Crippen LogP contribution in [-0.2, 0) is 0 Å². The molecule has 0 saturated heterocycles. The lowest BCUT2D eigenvalue weighted by Crippen LogP contribution is -1.87. The van der Waals surface area contributed by atoms with Crippen molar-refractivity contribution in [3.8, 4) is 5.75 Å². The summed E-state index contributed by atoms with van der Waals surface area (Å²) in [5.41, 5.74) is 0.136. The Bertz CT molecular complexity index is 488.